The molecule has 0 aliphatic rings. The maximum Gasteiger partial charge on any atom is 0.407 e. The zero-order chi connectivity index (χ0) is 15.6. The first-order chi connectivity index (χ1) is 10.7. The summed E-state index contributed by atoms with van der Waals surface area (Å²) in [6.07, 6.45) is 5.36. The van der Waals surface area contributed by atoms with Crippen LogP contribution in [-0.2, 0) is 11.3 Å². The Morgan fingerprint density at radius 2 is 2.05 bits per heavy atom. The minimum Gasteiger partial charge on any atom is -0.445 e. The van der Waals surface area contributed by atoms with E-state index in [0.717, 1.165) is 11.1 Å². The van der Waals surface area contributed by atoms with Gasteiger partial charge in [0.2, 0.25) is 5.95 Å². The van der Waals surface area contributed by atoms with Gasteiger partial charge in [-0.1, -0.05) is 42.5 Å². The Kier molecular flexibility index (Phi) is 6.11. The van der Waals surface area contributed by atoms with Crippen molar-refractivity contribution in [1.29, 1.82) is 0 Å². The normalized spacial score (nSPS) is 10.6. The Bertz CT molecular complexity index is 612. The summed E-state index contributed by atoms with van der Waals surface area (Å²) >= 11 is 0. The van der Waals surface area contributed by atoms with Crippen molar-refractivity contribution < 1.29 is 13.9 Å². The van der Waals surface area contributed by atoms with Crippen molar-refractivity contribution in [2.45, 2.75) is 13.0 Å². The Morgan fingerprint density at radius 3 is 2.77 bits per heavy atom. The van der Waals surface area contributed by atoms with Gasteiger partial charge in [0.1, 0.15) is 6.61 Å². The summed E-state index contributed by atoms with van der Waals surface area (Å²) in [5.74, 6) is -0.500. The lowest BCUT2D eigenvalue weighted by Gasteiger charge is -2.05. The maximum absolute atomic E-state index is 12.6. The fraction of sp³-hybridized carbons (Fsp3) is 0.176. The molecule has 0 fully saturated rings. The van der Waals surface area contributed by atoms with Gasteiger partial charge in [0.05, 0.1) is 0 Å². The molecule has 114 valence electrons. The lowest BCUT2D eigenvalue weighted by atomic mass is 10.2. The van der Waals surface area contributed by atoms with Crippen molar-refractivity contribution in [2.75, 3.05) is 6.54 Å². The van der Waals surface area contributed by atoms with Gasteiger partial charge in [0, 0.05) is 12.7 Å². The summed E-state index contributed by atoms with van der Waals surface area (Å²) in [5.41, 5.74) is 1.76. The number of amides is 1. The smallest absolute Gasteiger partial charge is 0.407 e. The molecule has 0 saturated carbocycles. The molecule has 1 aromatic carbocycles. The van der Waals surface area contributed by atoms with E-state index in [2.05, 4.69) is 10.3 Å². The monoisotopic (exact) mass is 300 g/mol. The van der Waals surface area contributed by atoms with Crippen LogP contribution in [0.5, 0.6) is 0 Å². The molecule has 0 aliphatic carbocycles. The van der Waals surface area contributed by atoms with Crippen LogP contribution in [0.4, 0.5) is 9.18 Å². The molecule has 2 rings (SSSR count). The average Bonchev–Trinajstić information content (AvgIpc) is 2.55. The molecule has 2 aromatic rings. The molecule has 0 unspecified atom stereocenters. The van der Waals surface area contributed by atoms with E-state index < -0.39 is 12.0 Å². The molecule has 1 heterocycles. The zero-order valence-electron chi connectivity index (χ0n) is 12.0. The van der Waals surface area contributed by atoms with E-state index in [0.29, 0.717) is 13.0 Å². The van der Waals surface area contributed by atoms with Gasteiger partial charge in [-0.3, -0.25) is 0 Å². The van der Waals surface area contributed by atoms with Crippen LogP contribution in [0.2, 0.25) is 0 Å². The van der Waals surface area contributed by atoms with Crippen LogP contribution in [0, 0.1) is 5.95 Å². The lowest BCUT2D eigenvalue weighted by Crippen LogP contribution is -2.24. The fourth-order valence-corrected chi connectivity index (χ4v) is 1.74. The second kappa shape index (κ2) is 8.56. The highest BCUT2D eigenvalue weighted by Crippen LogP contribution is 2.02. The predicted molar refractivity (Wildman–Crippen MR) is 82.5 cm³/mol. The summed E-state index contributed by atoms with van der Waals surface area (Å²) in [7, 11) is 0. The third-order valence-electron chi connectivity index (χ3n) is 2.85. The molecular weight excluding hydrogens is 283 g/mol. The van der Waals surface area contributed by atoms with Crippen molar-refractivity contribution in [2.24, 2.45) is 0 Å². The molecule has 0 aliphatic heterocycles. The number of nitrogens with one attached hydrogen (secondary N) is 1. The molecule has 4 nitrogen and oxygen atoms in total. The number of alkyl carbamates (subject to hydrolysis) is 1. The van der Waals surface area contributed by atoms with E-state index in [1.807, 2.05) is 42.5 Å². The number of ether oxygens (including phenoxy) is 1. The number of rotatable bonds is 6. The van der Waals surface area contributed by atoms with E-state index in [1.54, 1.807) is 6.07 Å². The molecule has 5 heteroatoms. The number of benzene rings is 1. The van der Waals surface area contributed by atoms with Gasteiger partial charge in [-0.25, -0.2) is 9.78 Å². The van der Waals surface area contributed by atoms with Gasteiger partial charge in [0.15, 0.2) is 0 Å². The number of hydrogen-bond acceptors (Lipinski definition) is 3. The summed E-state index contributed by atoms with van der Waals surface area (Å²) in [5, 5.41) is 2.66. The highest BCUT2D eigenvalue weighted by atomic mass is 19.1. The second-order valence-electron chi connectivity index (χ2n) is 4.59. The summed E-state index contributed by atoms with van der Waals surface area (Å²) < 4.78 is 17.7. The Labute approximate surface area is 128 Å². The van der Waals surface area contributed by atoms with Gasteiger partial charge in [-0.15, -0.1) is 0 Å². The van der Waals surface area contributed by atoms with Gasteiger partial charge in [0.25, 0.3) is 0 Å². The van der Waals surface area contributed by atoms with Gasteiger partial charge < -0.3 is 10.1 Å². The van der Waals surface area contributed by atoms with Gasteiger partial charge >= 0.3 is 6.09 Å². The second-order valence-corrected chi connectivity index (χ2v) is 4.59. The van der Waals surface area contributed by atoms with Crippen LogP contribution in [-0.4, -0.2) is 17.6 Å². The van der Waals surface area contributed by atoms with Crippen LogP contribution in [0.25, 0.3) is 6.08 Å². The van der Waals surface area contributed by atoms with Crippen molar-refractivity contribution >= 4 is 12.2 Å². The van der Waals surface area contributed by atoms with Crippen LogP contribution < -0.4 is 5.32 Å². The van der Waals surface area contributed by atoms with Crippen molar-refractivity contribution in [3.8, 4) is 0 Å². The first-order valence-corrected chi connectivity index (χ1v) is 6.97. The molecule has 22 heavy (non-hydrogen) atoms. The Morgan fingerprint density at radius 1 is 1.23 bits per heavy atom. The molecule has 0 radical (unpaired) electrons. The summed E-state index contributed by atoms with van der Waals surface area (Å²) in [6.45, 7) is 0.725. The van der Waals surface area contributed by atoms with E-state index >= 15 is 0 Å². The first kappa shape index (κ1) is 15.7. The lowest BCUT2D eigenvalue weighted by molar-refractivity contribution is 0.140. The van der Waals surface area contributed by atoms with Crippen molar-refractivity contribution in [3.63, 3.8) is 0 Å². The van der Waals surface area contributed by atoms with E-state index in [-0.39, 0.29) is 6.61 Å². The molecule has 1 aromatic heterocycles. The molecule has 1 amide bonds. The Hall–Kier alpha value is -2.69. The quantitative estimate of drug-likeness (QED) is 0.655. The summed E-state index contributed by atoms with van der Waals surface area (Å²) in [4.78, 5) is 15.0. The number of carbonyl (C=O) groups is 1. The summed E-state index contributed by atoms with van der Waals surface area (Å²) in [6, 6.07) is 12.4. The SMILES string of the molecule is O=C(NCCC=Cc1ccc(F)nc1)OCc1ccccc1. The average molecular weight is 300 g/mol. The topological polar surface area (TPSA) is 51.2 Å². The standard InChI is InChI=1S/C17H17FN2O2/c18-16-10-9-14(12-20-16)6-4-5-11-19-17(21)22-13-15-7-2-1-3-8-15/h1-4,6-10,12H,5,11,13H2,(H,19,21). The van der Waals surface area contributed by atoms with Crippen LogP contribution in [0.1, 0.15) is 17.5 Å². The van der Waals surface area contributed by atoms with Crippen molar-refractivity contribution in [3.05, 3.63) is 71.8 Å². The Balaban J connectivity index is 1.61. The zero-order valence-corrected chi connectivity index (χ0v) is 12.0. The molecule has 0 saturated heterocycles. The number of carbonyl (C=O) groups excluding carboxylic acids is 1. The highest BCUT2D eigenvalue weighted by molar-refractivity contribution is 5.67. The highest BCUT2D eigenvalue weighted by Gasteiger charge is 2.00. The van der Waals surface area contributed by atoms with Crippen LogP contribution >= 0.6 is 0 Å². The molecule has 0 bridgehead atoms. The maximum atomic E-state index is 12.6. The van der Waals surface area contributed by atoms with Crippen molar-refractivity contribution in [1.82, 2.24) is 10.3 Å². The third-order valence-corrected chi connectivity index (χ3v) is 2.85. The number of halogens is 1. The minimum atomic E-state index is -0.500. The first-order valence-electron chi connectivity index (χ1n) is 6.97. The minimum absolute atomic E-state index is 0.254. The van der Waals surface area contributed by atoms with Gasteiger partial charge in [-0.2, -0.15) is 4.39 Å². The predicted octanol–water partition coefficient (Wildman–Crippen LogP) is 3.55. The van der Waals surface area contributed by atoms with E-state index in [1.165, 1.54) is 12.3 Å². The number of aromatic nitrogens is 1. The van der Waals surface area contributed by atoms with Gasteiger partial charge in [-0.05, 0) is 29.7 Å². The van der Waals surface area contributed by atoms with Crippen LogP contribution in [0.3, 0.4) is 0 Å². The molecule has 0 atom stereocenters. The van der Waals surface area contributed by atoms with E-state index in [4.69, 9.17) is 4.74 Å². The van der Waals surface area contributed by atoms with E-state index in [9.17, 15) is 9.18 Å². The largest absolute Gasteiger partial charge is 0.445 e. The number of nitrogens with zero attached hydrogens (tertiary/aromatic N) is 1. The number of pyridine rings is 1. The van der Waals surface area contributed by atoms with Crippen LogP contribution in [0.15, 0.2) is 54.7 Å². The number of hydrogen-bond donors (Lipinski definition) is 1. The molecular formula is C17H17FN2O2. The molecule has 0 spiro atoms. The molecule has 1 N–H and O–H groups in total. The fourth-order valence-electron chi connectivity index (χ4n) is 1.74. The third kappa shape index (κ3) is 5.75.